The van der Waals surface area contributed by atoms with E-state index in [0.717, 1.165) is 11.7 Å². The molecule has 0 saturated heterocycles. The lowest BCUT2D eigenvalue weighted by molar-refractivity contribution is -0.671. The summed E-state index contributed by atoms with van der Waals surface area (Å²) < 4.78 is 0. The van der Waals surface area contributed by atoms with Gasteiger partial charge in [0.15, 0.2) is 0 Å². The number of benzene rings is 1. The molecule has 14 heavy (non-hydrogen) atoms. The molecule has 1 aromatic carbocycles. The van der Waals surface area contributed by atoms with E-state index >= 15 is 0 Å². The Balaban J connectivity index is 2.40. The molecule has 3 heteroatoms. The van der Waals surface area contributed by atoms with E-state index in [4.69, 9.17) is 0 Å². The highest BCUT2D eigenvalue weighted by atomic mass is 15.4. The van der Waals surface area contributed by atoms with E-state index in [1.165, 1.54) is 16.0 Å². The molecule has 1 unspecified atom stereocenters. The molecule has 72 valence electrons. The van der Waals surface area contributed by atoms with E-state index in [1.807, 2.05) is 19.1 Å². The fourth-order valence-electron chi connectivity index (χ4n) is 1.54. The summed E-state index contributed by atoms with van der Waals surface area (Å²) in [5, 5.41) is 8.28. The first-order valence-electron chi connectivity index (χ1n) is 4.72. The molecule has 1 aliphatic heterocycles. The van der Waals surface area contributed by atoms with Crippen molar-refractivity contribution >= 4 is 11.7 Å². The summed E-state index contributed by atoms with van der Waals surface area (Å²) in [6.45, 7) is 4.09. The number of nitrogens with one attached hydrogen (secondary N) is 1. The van der Waals surface area contributed by atoms with Crippen LogP contribution in [0, 0.1) is 6.92 Å². The molecule has 3 nitrogen and oxygen atoms in total. The topological polar surface area (TPSA) is 29.2 Å². The SMILES string of the molecule is CC1=NN=C(c2ccccc2C)[NH+]1C. The van der Waals surface area contributed by atoms with Crippen molar-refractivity contribution in [3.05, 3.63) is 35.4 Å². The van der Waals surface area contributed by atoms with Gasteiger partial charge in [-0.15, -0.1) is 0 Å². The maximum atomic E-state index is 4.20. The van der Waals surface area contributed by atoms with Crippen molar-refractivity contribution in [2.45, 2.75) is 13.8 Å². The van der Waals surface area contributed by atoms with Crippen LogP contribution in [0.2, 0.25) is 0 Å². The minimum absolute atomic E-state index is 1.01. The predicted molar refractivity (Wildman–Crippen MR) is 57.7 cm³/mol. The van der Waals surface area contributed by atoms with Crippen molar-refractivity contribution in [1.82, 2.24) is 0 Å². The standard InChI is InChI=1S/C11H13N3/c1-8-6-4-5-7-10(8)11-13-12-9(2)14(11)3/h4-7H,1-3H3/p+1. The minimum Gasteiger partial charge on any atom is -0.241 e. The van der Waals surface area contributed by atoms with Gasteiger partial charge >= 0.3 is 0 Å². The van der Waals surface area contributed by atoms with Gasteiger partial charge in [-0.1, -0.05) is 28.4 Å². The Labute approximate surface area is 83.8 Å². The van der Waals surface area contributed by atoms with Gasteiger partial charge < -0.3 is 0 Å². The molecule has 0 saturated carbocycles. The number of hydrogen-bond donors (Lipinski definition) is 1. The van der Waals surface area contributed by atoms with Crippen LogP contribution >= 0.6 is 0 Å². The molecule has 1 aromatic rings. The van der Waals surface area contributed by atoms with Crippen LogP contribution in [0.1, 0.15) is 18.1 Å². The van der Waals surface area contributed by atoms with Gasteiger partial charge in [-0.2, -0.15) is 0 Å². The van der Waals surface area contributed by atoms with Gasteiger partial charge in [-0.05, 0) is 18.6 Å². The normalized spacial score (nSPS) is 20.6. The highest BCUT2D eigenvalue weighted by Crippen LogP contribution is 2.07. The number of aryl methyl sites for hydroxylation is 1. The van der Waals surface area contributed by atoms with Crippen LogP contribution in [0.15, 0.2) is 34.5 Å². The van der Waals surface area contributed by atoms with Gasteiger partial charge in [-0.25, -0.2) is 4.90 Å². The van der Waals surface area contributed by atoms with Crippen LogP contribution in [0.5, 0.6) is 0 Å². The van der Waals surface area contributed by atoms with Crippen LogP contribution in [-0.2, 0) is 0 Å². The molecule has 2 rings (SSSR count). The second-order valence-corrected chi connectivity index (χ2v) is 3.57. The average Bonchev–Trinajstić information content (AvgIpc) is 2.49. The average molecular weight is 188 g/mol. The van der Waals surface area contributed by atoms with Gasteiger partial charge in [0.2, 0.25) is 5.84 Å². The van der Waals surface area contributed by atoms with Crippen LogP contribution in [-0.4, -0.2) is 18.7 Å². The zero-order valence-corrected chi connectivity index (χ0v) is 8.70. The first-order valence-corrected chi connectivity index (χ1v) is 4.72. The molecule has 1 N–H and O–H groups in total. The molecule has 0 radical (unpaired) electrons. The molecule has 0 spiro atoms. The Kier molecular flexibility index (Phi) is 2.17. The number of amidine groups is 2. The second kappa shape index (κ2) is 3.35. The van der Waals surface area contributed by atoms with Crippen molar-refractivity contribution in [2.75, 3.05) is 7.05 Å². The van der Waals surface area contributed by atoms with Crippen LogP contribution < -0.4 is 4.90 Å². The summed E-state index contributed by atoms with van der Waals surface area (Å²) in [6, 6.07) is 8.26. The lowest BCUT2D eigenvalue weighted by atomic mass is 10.1. The number of nitrogens with zero attached hydrogens (tertiary/aromatic N) is 2. The van der Waals surface area contributed by atoms with Crippen molar-refractivity contribution < 1.29 is 4.90 Å². The monoisotopic (exact) mass is 188 g/mol. The first kappa shape index (κ1) is 9.09. The van der Waals surface area contributed by atoms with E-state index in [9.17, 15) is 0 Å². The molecular formula is C11H14N3+. The fourth-order valence-corrected chi connectivity index (χ4v) is 1.54. The number of quaternary nitrogens is 1. The largest absolute Gasteiger partial charge is 0.258 e. The third-order valence-corrected chi connectivity index (χ3v) is 2.60. The smallest absolute Gasteiger partial charge is 0.241 e. The van der Waals surface area contributed by atoms with Crippen LogP contribution in [0.3, 0.4) is 0 Å². The summed E-state index contributed by atoms with van der Waals surface area (Å²) in [6.07, 6.45) is 0. The molecule has 1 heterocycles. The van der Waals surface area contributed by atoms with Crippen molar-refractivity contribution in [1.29, 1.82) is 0 Å². The van der Waals surface area contributed by atoms with Gasteiger partial charge in [0.1, 0.15) is 0 Å². The van der Waals surface area contributed by atoms with Gasteiger partial charge in [0.25, 0.3) is 5.84 Å². The summed E-state index contributed by atoms with van der Waals surface area (Å²) >= 11 is 0. The first-order chi connectivity index (χ1) is 6.70. The molecule has 1 aliphatic rings. The van der Waals surface area contributed by atoms with Crippen LogP contribution in [0.25, 0.3) is 0 Å². The summed E-state index contributed by atoms with van der Waals surface area (Å²) in [5.74, 6) is 2.03. The zero-order valence-electron chi connectivity index (χ0n) is 8.70. The Bertz CT molecular complexity index is 418. The Morgan fingerprint density at radius 1 is 1.07 bits per heavy atom. The van der Waals surface area contributed by atoms with E-state index in [2.05, 4.69) is 36.3 Å². The minimum atomic E-state index is 1.01. The highest BCUT2D eigenvalue weighted by Gasteiger charge is 2.24. The van der Waals surface area contributed by atoms with Gasteiger partial charge in [0, 0.05) is 6.92 Å². The lowest BCUT2D eigenvalue weighted by Crippen LogP contribution is -3.12. The number of rotatable bonds is 1. The molecule has 0 aliphatic carbocycles. The van der Waals surface area contributed by atoms with Crippen LogP contribution in [0.4, 0.5) is 0 Å². The molecule has 0 amide bonds. The number of hydrogen-bond acceptors (Lipinski definition) is 2. The summed E-state index contributed by atoms with van der Waals surface area (Å²) in [5.41, 5.74) is 2.43. The molecule has 0 fully saturated rings. The van der Waals surface area contributed by atoms with E-state index in [0.29, 0.717) is 0 Å². The van der Waals surface area contributed by atoms with E-state index < -0.39 is 0 Å². The van der Waals surface area contributed by atoms with Gasteiger partial charge in [0.05, 0.1) is 12.6 Å². The fraction of sp³-hybridized carbons (Fsp3) is 0.273. The molecular weight excluding hydrogens is 174 g/mol. The van der Waals surface area contributed by atoms with Crippen molar-refractivity contribution in [3.63, 3.8) is 0 Å². The highest BCUT2D eigenvalue weighted by molar-refractivity contribution is 6.00. The summed E-state index contributed by atoms with van der Waals surface area (Å²) in [7, 11) is 2.07. The zero-order chi connectivity index (χ0) is 10.1. The van der Waals surface area contributed by atoms with Gasteiger partial charge in [-0.3, -0.25) is 0 Å². The third kappa shape index (κ3) is 1.36. The Morgan fingerprint density at radius 2 is 1.79 bits per heavy atom. The lowest BCUT2D eigenvalue weighted by Gasteiger charge is -2.09. The van der Waals surface area contributed by atoms with E-state index in [-0.39, 0.29) is 0 Å². The maximum absolute atomic E-state index is 4.20. The molecule has 0 aromatic heterocycles. The Hall–Kier alpha value is -1.48. The van der Waals surface area contributed by atoms with Crippen molar-refractivity contribution in [2.24, 2.45) is 10.2 Å². The van der Waals surface area contributed by atoms with Crippen molar-refractivity contribution in [3.8, 4) is 0 Å². The summed E-state index contributed by atoms with van der Waals surface area (Å²) in [4.78, 5) is 1.18. The molecule has 1 atom stereocenters. The second-order valence-electron chi connectivity index (χ2n) is 3.57. The Morgan fingerprint density at radius 3 is 2.36 bits per heavy atom. The quantitative estimate of drug-likeness (QED) is 0.669. The van der Waals surface area contributed by atoms with E-state index in [1.54, 1.807) is 0 Å². The maximum Gasteiger partial charge on any atom is 0.258 e. The third-order valence-electron chi connectivity index (χ3n) is 2.60. The predicted octanol–water partition coefficient (Wildman–Crippen LogP) is 0.603. The molecule has 0 bridgehead atoms.